The van der Waals surface area contributed by atoms with Crippen molar-refractivity contribution in [3.05, 3.63) is 70.7 Å². The Bertz CT molecular complexity index is 906. The second kappa shape index (κ2) is 11.1. The highest BCUT2D eigenvalue weighted by Crippen LogP contribution is 2.29. The van der Waals surface area contributed by atoms with Crippen LogP contribution in [0.25, 0.3) is 0 Å². The third-order valence-electron chi connectivity index (χ3n) is 6.72. The zero-order chi connectivity index (χ0) is 22.3. The average Bonchev–Trinajstić information content (AvgIpc) is 3.36. The van der Waals surface area contributed by atoms with E-state index in [1.54, 1.807) is 0 Å². The van der Waals surface area contributed by atoms with Crippen molar-refractivity contribution in [2.45, 2.75) is 31.7 Å². The van der Waals surface area contributed by atoms with E-state index >= 15 is 0 Å². The molecular formula is C26H32ClN3O2. The number of amides is 1. The van der Waals surface area contributed by atoms with Crippen molar-refractivity contribution in [3.63, 3.8) is 0 Å². The van der Waals surface area contributed by atoms with Crippen LogP contribution in [0.1, 0.15) is 47.6 Å². The van der Waals surface area contributed by atoms with Gasteiger partial charge in [-0.15, -0.1) is 0 Å². The van der Waals surface area contributed by atoms with Gasteiger partial charge in [0.1, 0.15) is 0 Å². The molecule has 4 rings (SSSR count). The van der Waals surface area contributed by atoms with Crippen LogP contribution < -0.4 is 5.32 Å². The van der Waals surface area contributed by atoms with Gasteiger partial charge in [0.15, 0.2) is 5.78 Å². The first kappa shape index (κ1) is 23.0. The molecule has 0 saturated carbocycles. The Morgan fingerprint density at radius 2 is 1.59 bits per heavy atom. The van der Waals surface area contributed by atoms with Gasteiger partial charge in [0.05, 0.1) is 12.6 Å². The van der Waals surface area contributed by atoms with Crippen molar-refractivity contribution >= 4 is 23.3 Å². The number of nitrogens with one attached hydrogen (secondary N) is 1. The Balaban J connectivity index is 1.27. The van der Waals surface area contributed by atoms with Gasteiger partial charge >= 0.3 is 0 Å². The molecule has 1 N–H and O–H groups in total. The molecule has 0 aromatic heterocycles. The lowest BCUT2D eigenvalue weighted by atomic mass is 9.89. The number of rotatable bonds is 8. The van der Waals surface area contributed by atoms with Gasteiger partial charge in [-0.3, -0.25) is 19.4 Å². The van der Waals surface area contributed by atoms with Gasteiger partial charge in [0.25, 0.3) is 0 Å². The number of nitrogens with zero attached hydrogens (tertiary/aromatic N) is 2. The first-order chi connectivity index (χ1) is 15.6. The number of piperidine rings is 1. The standard InChI is InChI=1S/C26H32ClN3O2/c27-23-11-5-4-10-22(23)24(30-14-6-7-15-30)18-28-25(31)19-29-16-12-21(13-17-29)26(32)20-8-2-1-3-9-20/h1-5,8-11,21,24H,6-7,12-19H2,(H,28,31). The first-order valence-electron chi connectivity index (χ1n) is 11.7. The topological polar surface area (TPSA) is 52.7 Å². The minimum Gasteiger partial charge on any atom is -0.353 e. The fraction of sp³-hybridized carbons (Fsp3) is 0.462. The molecule has 2 aliphatic heterocycles. The number of ketones is 1. The van der Waals surface area contributed by atoms with Crippen LogP contribution in [0.2, 0.25) is 5.02 Å². The fourth-order valence-corrected chi connectivity index (χ4v) is 5.16. The van der Waals surface area contributed by atoms with Crippen molar-refractivity contribution < 1.29 is 9.59 Å². The summed E-state index contributed by atoms with van der Waals surface area (Å²) in [6, 6.07) is 17.5. The largest absolute Gasteiger partial charge is 0.353 e. The van der Waals surface area contributed by atoms with E-state index in [2.05, 4.69) is 21.2 Å². The lowest BCUT2D eigenvalue weighted by Crippen LogP contribution is -2.44. The third kappa shape index (κ3) is 5.77. The molecule has 5 nitrogen and oxygen atoms in total. The van der Waals surface area contributed by atoms with E-state index in [0.717, 1.165) is 55.2 Å². The van der Waals surface area contributed by atoms with Crippen LogP contribution in [0.5, 0.6) is 0 Å². The van der Waals surface area contributed by atoms with E-state index in [-0.39, 0.29) is 23.7 Å². The highest BCUT2D eigenvalue weighted by atomic mass is 35.5. The third-order valence-corrected chi connectivity index (χ3v) is 7.07. The summed E-state index contributed by atoms with van der Waals surface area (Å²) in [4.78, 5) is 30.0. The monoisotopic (exact) mass is 453 g/mol. The van der Waals surface area contributed by atoms with Gasteiger partial charge in [0, 0.05) is 23.0 Å². The second-order valence-electron chi connectivity index (χ2n) is 8.87. The van der Waals surface area contributed by atoms with E-state index in [1.807, 2.05) is 48.5 Å². The maximum Gasteiger partial charge on any atom is 0.234 e. The summed E-state index contributed by atoms with van der Waals surface area (Å²) in [6.07, 6.45) is 3.98. The van der Waals surface area contributed by atoms with Crippen LogP contribution in [0.15, 0.2) is 54.6 Å². The first-order valence-corrected chi connectivity index (χ1v) is 12.1. The van der Waals surface area contributed by atoms with E-state index in [4.69, 9.17) is 11.6 Å². The van der Waals surface area contributed by atoms with E-state index in [0.29, 0.717) is 13.1 Å². The second-order valence-corrected chi connectivity index (χ2v) is 9.27. The van der Waals surface area contributed by atoms with E-state index < -0.39 is 0 Å². The number of hydrogen-bond acceptors (Lipinski definition) is 4. The van der Waals surface area contributed by atoms with Crippen LogP contribution in [0, 0.1) is 5.92 Å². The molecule has 32 heavy (non-hydrogen) atoms. The van der Waals surface area contributed by atoms with Crippen molar-refractivity contribution in [3.8, 4) is 0 Å². The summed E-state index contributed by atoms with van der Waals surface area (Å²) in [5.74, 6) is 0.313. The SMILES string of the molecule is O=C(CN1CCC(C(=O)c2ccccc2)CC1)NCC(c1ccccc1Cl)N1CCCC1. The summed E-state index contributed by atoms with van der Waals surface area (Å²) < 4.78 is 0. The Morgan fingerprint density at radius 3 is 2.28 bits per heavy atom. The van der Waals surface area contributed by atoms with Crippen molar-refractivity contribution in [2.24, 2.45) is 5.92 Å². The smallest absolute Gasteiger partial charge is 0.234 e. The van der Waals surface area contributed by atoms with Crippen LogP contribution in [-0.4, -0.2) is 60.8 Å². The summed E-state index contributed by atoms with van der Waals surface area (Å²) in [7, 11) is 0. The van der Waals surface area contributed by atoms with Crippen molar-refractivity contribution in [2.75, 3.05) is 39.3 Å². The Hall–Kier alpha value is -2.21. The van der Waals surface area contributed by atoms with Gasteiger partial charge in [-0.05, 0) is 63.5 Å². The van der Waals surface area contributed by atoms with Crippen LogP contribution in [0.3, 0.4) is 0 Å². The Kier molecular flexibility index (Phi) is 7.95. The predicted octanol–water partition coefficient (Wildman–Crippen LogP) is 4.19. The van der Waals surface area contributed by atoms with Gasteiger partial charge in [0.2, 0.25) is 5.91 Å². The minimum atomic E-state index is 0.0362. The zero-order valence-corrected chi connectivity index (χ0v) is 19.3. The Labute approximate surface area is 195 Å². The number of hydrogen-bond donors (Lipinski definition) is 1. The highest BCUT2D eigenvalue weighted by Gasteiger charge is 2.28. The zero-order valence-electron chi connectivity index (χ0n) is 18.5. The average molecular weight is 454 g/mol. The number of likely N-dealkylation sites (tertiary alicyclic amines) is 2. The number of halogens is 1. The van der Waals surface area contributed by atoms with Gasteiger partial charge in [-0.2, -0.15) is 0 Å². The lowest BCUT2D eigenvalue weighted by Gasteiger charge is -2.32. The highest BCUT2D eigenvalue weighted by molar-refractivity contribution is 6.31. The molecular weight excluding hydrogens is 422 g/mol. The summed E-state index contributed by atoms with van der Waals surface area (Å²) in [5, 5.41) is 3.90. The van der Waals surface area contributed by atoms with Gasteiger partial charge < -0.3 is 5.32 Å². The molecule has 2 heterocycles. The molecule has 0 spiro atoms. The number of benzene rings is 2. The molecule has 0 radical (unpaired) electrons. The molecule has 2 aromatic rings. The predicted molar refractivity (Wildman–Crippen MR) is 128 cm³/mol. The maximum atomic E-state index is 12.7. The molecule has 6 heteroatoms. The molecule has 2 aromatic carbocycles. The molecule has 2 aliphatic rings. The molecule has 1 atom stereocenters. The van der Waals surface area contributed by atoms with Crippen LogP contribution in [-0.2, 0) is 4.79 Å². The number of carbonyl (C=O) groups is 2. The Morgan fingerprint density at radius 1 is 0.938 bits per heavy atom. The quantitative estimate of drug-likeness (QED) is 0.609. The van der Waals surface area contributed by atoms with E-state index in [9.17, 15) is 9.59 Å². The van der Waals surface area contributed by atoms with E-state index in [1.165, 1.54) is 12.8 Å². The van der Waals surface area contributed by atoms with Gasteiger partial charge in [-0.1, -0.05) is 60.1 Å². The number of Topliss-reactive ketones (excluding diaryl/α,β-unsaturated/α-hetero) is 1. The molecule has 1 unspecified atom stereocenters. The molecule has 170 valence electrons. The molecule has 2 fully saturated rings. The number of carbonyl (C=O) groups excluding carboxylic acids is 2. The summed E-state index contributed by atoms with van der Waals surface area (Å²) >= 11 is 6.48. The minimum absolute atomic E-state index is 0.0362. The van der Waals surface area contributed by atoms with Gasteiger partial charge in [-0.25, -0.2) is 0 Å². The molecule has 1 amide bonds. The molecule has 0 bridgehead atoms. The molecule has 0 aliphatic carbocycles. The van der Waals surface area contributed by atoms with Crippen molar-refractivity contribution in [1.29, 1.82) is 0 Å². The normalized spacial score (nSPS) is 19.0. The molecule has 2 saturated heterocycles. The van der Waals surface area contributed by atoms with Crippen molar-refractivity contribution in [1.82, 2.24) is 15.1 Å². The maximum absolute atomic E-state index is 12.7. The van der Waals surface area contributed by atoms with Crippen LogP contribution >= 0.6 is 11.6 Å². The van der Waals surface area contributed by atoms with Crippen LogP contribution in [0.4, 0.5) is 0 Å². The summed E-state index contributed by atoms with van der Waals surface area (Å²) in [6.45, 7) is 4.56. The lowest BCUT2D eigenvalue weighted by molar-refractivity contribution is -0.122. The summed E-state index contributed by atoms with van der Waals surface area (Å²) in [5.41, 5.74) is 1.87. The fourth-order valence-electron chi connectivity index (χ4n) is 4.90.